The molecule has 0 saturated carbocycles. The molecule has 162 valence electrons. The van der Waals surface area contributed by atoms with Gasteiger partial charge in [0, 0.05) is 11.1 Å². The molecule has 0 saturated heterocycles. The number of carboxylic acid groups (broad SMARTS) is 2. The zero-order chi connectivity index (χ0) is 22.9. The summed E-state index contributed by atoms with van der Waals surface area (Å²) in [5, 5.41) is 42.7. The van der Waals surface area contributed by atoms with Gasteiger partial charge in [-0.1, -0.05) is 60.7 Å². The van der Waals surface area contributed by atoms with Gasteiger partial charge in [0.25, 0.3) is 0 Å². The summed E-state index contributed by atoms with van der Waals surface area (Å²) in [6, 6.07) is 20.8. The van der Waals surface area contributed by atoms with Crippen molar-refractivity contribution in [3.05, 3.63) is 104 Å². The van der Waals surface area contributed by atoms with E-state index in [2.05, 4.69) is 0 Å². The molecule has 0 unspecified atom stereocenters. The average molecular weight is 467 g/mol. The Bertz CT molecular complexity index is 1180. The molecule has 1 aliphatic rings. The Morgan fingerprint density at radius 3 is 1.50 bits per heavy atom. The maximum Gasteiger partial charge on any atom is 0.346 e. The maximum absolute atomic E-state index is 11.4. The number of fused-ring (bicyclic) bond motifs is 3. The lowest BCUT2D eigenvalue weighted by molar-refractivity contribution is -0.155. The van der Waals surface area contributed by atoms with Crippen molar-refractivity contribution in [1.82, 2.24) is 0 Å². The minimum Gasteiger partial charge on any atom is -0.479 e. The van der Waals surface area contributed by atoms with E-state index in [0.29, 0.717) is 20.9 Å². The molecule has 4 N–H and O–H groups in total. The number of hydrogen-bond donors (Lipinski definition) is 4. The Labute approximate surface area is 191 Å². The zero-order valence-electron chi connectivity index (χ0n) is 16.5. The topological polar surface area (TPSA) is 115 Å². The molecule has 0 atom stereocenters. The molecule has 0 bridgehead atoms. The summed E-state index contributed by atoms with van der Waals surface area (Å²) in [7, 11) is 0. The number of aliphatic hydroxyl groups is 2. The fourth-order valence-corrected chi connectivity index (χ4v) is 5.47. The molecule has 2 aromatic heterocycles. The highest BCUT2D eigenvalue weighted by atomic mass is 32.1. The molecule has 0 amide bonds. The quantitative estimate of drug-likeness (QED) is 0.360. The van der Waals surface area contributed by atoms with E-state index >= 15 is 0 Å². The SMILES string of the molecule is O=C(O)C(O)(c1cccs1)c1cccs1.O=C(O)C1(O)c2ccccc2-c2ccccc21. The van der Waals surface area contributed by atoms with Crippen molar-refractivity contribution in [2.75, 3.05) is 0 Å². The van der Waals surface area contributed by atoms with Gasteiger partial charge in [0.2, 0.25) is 11.2 Å². The lowest BCUT2D eigenvalue weighted by Crippen LogP contribution is -2.34. The van der Waals surface area contributed by atoms with Crippen LogP contribution in [0.3, 0.4) is 0 Å². The molecule has 32 heavy (non-hydrogen) atoms. The standard InChI is InChI=1S/C14H10O3.C10H8O3S2/c15-13(16)14(17)11-7-3-1-5-9(11)10-6-2-4-8-12(10)14;11-9(12)10(13,7-3-1-5-14-7)8-4-2-6-15-8/h1-8,17H,(H,15,16);1-6,13H,(H,11,12). The molecule has 0 radical (unpaired) electrons. The van der Waals surface area contributed by atoms with Crippen LogP contribution < -0.4 is 0 Å². The summed E-state index contributed by atoms with van der Waals surface area (Å²) in [6.07, 6.45) is 0. The molecule has 6 nitrogen and oxygen atoms in total. The molecule has 2 aromatic carbocycles. The first-order valence-corrected chi connectivity index (χ1v) is 11.3. The van der Waals surface area contributed by atoms with E-state index in [9.17, 15) is 24.9 Å². The largest absolute Gasteiger partial charge is 0.479 e. The molecule has 0 spiro atoms. The van der Waals surface area contributed by atoms with Gasteiger partial charge in [-0.15, -0.1) is 22.7 Å². The van der Waals surface area contributed by atoms with Gasteiger partial charge >= 0.3 is 11.9 Å². The fourth-order valence-electron chi connectivity index (χ4n) is 3.74. The van der Waals surface area contributed by atoms with E-state index in [-0.39, 0.29) is 0 Å². The number of carboxylic acids is 2. The average Bonchev–Trinajstić information content (AvgIpc) is 3.56. The van der Waals surface area contributed by atoms with E-state index in [1.54, 1.807) is 59.3 Å². The third-order valence-corrected chi connectivity index (χ3v) is 7.26. The van der Waals surface area contributed by atoms with E-state index in [0.717, 1.165) is 11.1 Å². The number of carbonyl (C=O) groups is 2. The van der Waals surface area contributed by atoms with Crippen LogP contribution in [-0.4, -0.2) is 32.4 Å². The third-order valence-electron chi connectivity index (χ3n) is 5.30. The second kappa shape index (κ2) is 8.33. The lowest BCUT2D eigenvalue weighted by atomic mass is 9.92. The van der Waals surface area contributed by atoms with Gasteiger partial charge < -0.3 is 20.4 Å². The molecular weight excluding hydrogens is 448 g/mol. The highest BCUT2D eigenvalue weighted by Gasteiger charge is 2.47. The smallest absolute Gasteiger partial charge is 0.346 e. The van der Waals surface area contributed by atoms with Crippen LogP contribution in [0.15, 0.2) is 83.6 Å². The summed E-state index contributed by atoms with van der Waals surface area (Å²) < 4.78 is 0. The fraction of sp³-hybridized carbons (Fsp3) is 0.0833. The number of rotatable bonds is 4. The first-order valence-electron chi connectivity index (χ1n) is 9.50. The Kier molecular flexibility index (Phi) is 5.70. The van der Waals surface area contributed by atoms with E-state index in [4.69, 9.17) is 5.11 Å². The van der Waals surface area contributed by atoms with Crippen molar-refractivity contribution < 1.29 is 30.0 Å². The molecule has 0 aliphatic heterocycles. The van der Waals surface area contributed by atoms with Crippen LogP contribution in [0.5, 0.6) is 0 Å². The number of benzene rings is 2. The normalized spacial score (nSPS) is 13.4. The third kappa shape index (κ3) is 3.34. The Hall–Kier alpha value is -3.30. The van der Waals surface area contributed by atoms with Crippen LogP contribution in [0.1, 0.15) is 20.9 Å². The lowest BCUT2D eigenvalue weighted by Gasteiger charge is -2.20. The van der Waals surface area contributed by atoms with Gasteiger partial charge in [-0.05, 0) is 34.0 Å². The first kappa shape index (κ1) is 21.9. The van der Waals surface area contributed by atoms with Gasteiger partial charge in [0.15, 0.2) is 0 Å². The van der Waals surface area contributed by atoms with E-state index in [1.807, 2.05) is 24.3 Å². The summed E-state index contributed by atoms with van der Waals surface area (Å²) in [6.45, 7) is 0. The number of hydrogen-bond acceptors (Lipinski definition) is 6. The summed E-state index contributed by atoms with van der Waals surface area (Å²) in [4.78, 5) is 23.4. The molecule has 4 aromatic rings. The minimum atomic E-state index is -1.92. The van der Waals surface area contributed by atoms with Crippen molar-refractivity contribution in [2.45, 2.75) is 11.2 Å². The van der Waals surface area contributed by atoms with Crippen molar-refractivity contribution in [3.63, 3.8) is 0 Å². The predicted molar refractivity (Wildman–Crippen MR) is 122 cm³/mol. The molecule has 1 aliphatic carbocycles. The van der Waals surface area contributed by atoms with Crippen molar-refractivity contribution >= 4 is 34.6 Å². The van der Waals surface area contributed by atoms with Gasteiger partial charge in [-0.25, -0.2) is 9.59 Å². The second-order valence-electron chi connectivity index (χ2n) is 7.08. The van der Waals surface area contributed by atoms with Gasteiger partial charge in [0.1, 0.15) is 0 Å². The maximum atomic E-state index is 11.4. The first-order chi connectivity index (χ1) is 15.3. The Balaban J connectivity index is 0.000000155. The zero-order valence-corrected chi connectivity index (χ0v) is 18.1. The van der Waals surface area contributed by atoms with Crippen LogP contribution in [0, 0.1) is 0 Å². The van der Waals surface area contributed by atoms with Crippen molar-refractivity contribution in [2.24, 2.45) is 0 Å². The van der Waals surface area contributed by atoms with E-state index in [1.165, 1.54) is 22.7 Å². The van der Waals surface area contributed by atoms with Gasteiger partial charge in [0.05, 0.1) is 9.75 Å². The minimum absolute atomic E-state index is 0.428. The molecular formula is C24H18O6S2. The second-order valence-corrected chi connectivity index (χ2v) is 8.97. The summed E-state index contributed by atoms with van der Waals surface area (Å²) in [5.41, 5.74) is -1.38. The van der Waals surface area contributed by atoms with Crippen LogP contribution in [-0.2, 0) is 20.8 Å². The van der Waals surface area contributed by atoms with Crippen LogP contribution in [0.25, 0.3) is 11.1 Å². The van der Waals surface area contributed by atoms with Crippen molar-refractivity contribution in [1.29, 1.82) is 0 Å². The highest BCUT2D eigenvalue weighted by Crippen LogP contribution is 2.47. The molecule has 2 heterocycles. The van der Waals surface area contributed by atoms with E-state index < -0.39 is 23.1 Å². The van der Waals surface area contributed by atoms with Crippen LogP contribution in [0.2, 0.25) is 0 Å². The van der Waals surface area contributed by atoms with Crippen LogP contribution >= 0.6 is 22.7 Å². The molecule has 0 fully saturated rings. The summed E-state index contributed by atoms with van der Waals surface area (Å²) in [5.74, 6) is -2.48. The van der Waals surface area contributed by atoms with Gasteiger partial charge in [-0.2, -0.15) is 0 Å². The monoisotopic (exact) mass is 466 g/mol. The summed E-state index contributed by atoms with van der Waals surface area (Å²) >= 11 is 2.46. The highest BCUT2D eigenvalue weighted by molar-refractivity contribution is 7.12. The van der Waals surface area contributed by atoms with Crippen molar-refractivity contribution in [3.8, 4) is 11.1 Å². The molecule has 8 heteroatoms. The predicted octanol–water partition coefficient (Wildman–Crippen LogP) is 4.12. The number of aliphatic carboxylic acids is 2. The Morgan fingerprint density at radius 2 is 1.16 bits per heavy atom. The Morgan fingerprint density at radius 1 is 0.719 bits per heavy atom. The molecule has 5 rings (SSSR count). The van der Waals surface area contributed by atoms with Gasteiger partial charge in [-0.3, -0.25) is 0 Å². The van der Waals surface area contributed by atoms with Crippen LogP contribution in [0.4, 0.5) is 0 Å². The number of thiophene rings is 2.